The number of aryl methyl sites for hydroxylation is 1. The third-order valence-corrected chi connectivity index (χ3v) is 5.80. The van der Waals surface area contributed by atoms with E-state index in [2.05, 4.69) is 5.32 Å². The highest BCUT2D eigenvalue weighted by Gasteiger charge is 2.21. The molecule has 2 aromatic carbocycles. The molecule has 2 rings (SSSR count). The van der Waals surface area contributed by atoms with Gasteiger partial charge in [-0.05, 0) is 42.7 Å². The summed E-state index contributed by atoms with van der Waals surface area (Å²) in [6.45, 7) is 1.93. The molecule has 0 bridgehead atoms. The van der Waals surface area contributed by atoms with Crippen molar-refractivity contribution in [2.24, 2.45) is 0 Å². The Labute approximate surface area is 147 Å². The Balaban J connectivity index is 2.11. The third kappa shape index (κ3) is 4.43. The summed E-state index contributed by atoms with van der Waals surface area (Å²) in [4.78, 5) is 12.4. The number of hydrogen-bond donors (Lipinski definition) is 1. The van der Waals surface area contributed by atoms with Crippen LogP contribution in [0.25, 0.3) is 0 Å². The fraction of sp³-hybridized carbons (Fsp3) is 0.278. The van der Waals surface area contributed by atoms with E-state index in [0.29, 0.717) is 17.5 Å². The van der Waals surface area contributed by atoms with Crippen LogP contribution in [-0.2, 0) is 16.4 Å². The van der Waals surface area contributed by atoms with Crippen molar-refractivity contribution in [3.8, 4) is 0 Å². The van der Waals surface area contributed by atoms with Crippen molar-refractivity contribution in [1.82, 2.24) is 9.62 Å². The molecule has 0 saturated carbocycles. The molecule has 0 atom stereocenters. The molecule has 0 unspecified atom stereocenters. The van der Waals surface area contributed by atoms with Crippen LogP contribution in [0.4, 0.5) is 4.39 Å². The Hall–Kier alpha value is -2.25. The van der Waals surface area contributed by atoms with E-state index in [1.54, 1.807) is 37.3 Å². The summed E-state index contributed by atoms with van der Waals surface area (Å²) in [5.41, 5.74) is 1.33. The van der Waals surface area contributed by atoms with Crippen molar-refractivity contribution >= 4 is 15.9 Å². The van der Waals surface area contributed by atoms with Crippen molar-refractivity contribution in [2.45, 2.75) is 18.2 Å². The molecular weight excluding hydrogens is 343 g/mol. The minimum atomic E-state index is -3.63. The van der Waals surface area contributed by atoms with Gasteiger partial charge in [-0.3, -0.25) is 4.79 Å². The number of nitrogens with zero attached hydrogens (tertiary/aromatic N) is 1. The number of amides is 1. The molecule has 0 radical (unpaired) electrons. The van der Waals surface area contributed by atoms with Crippen LogP contribution < -0.4 is 5.32 Å². The second kappa shape index (κ2) is 7.76. The van der Waals surface area contributed by atoms with Crippen LogP contribution in [0.1, 0.15) is 21.5 Å². The molecule has 0 saturated heterocycles. The van der Waals surface area contributed by atoms with Gasteiger partial charge in [0.1, 0.15) is 5.82 Å². The molecule has 2 aromatic rings. The predicted molar refractivity (Wildman–Crippen MR) is 94.5 cm³/mol. The van der Waals surface area contributed by atoms with E-state index in [1.165, 1.54) is 26.2 Å². The van der Waals surface area contributed by atoms with Crippen molar-refractivity contribution in [1.29, 1.82) is 0 Å². The lowest BCUT2D eigenvalue weighted by molar-refractivity contribution is 0.0954. The Morgan fingerprint density at radius 1 is 1.16 bits per heavy atom. The van der Waals surface area contributed by atoms with Gasteiger partial charge in [0.25, 0.3) is 5.91 Å². The first-order valence-electron chi connectivity index (χ1n) is 7.78. The van der Waals surface area contributed by atoms with Crippen LogP contribution in [-0.4, -0.2) is 39.3 Å². The van der Waals surface area contributed by atoms with Gasteiger partial charge in [-0.1, -0.05) is 24.3 Å². The molecule has 134 valence electrons. The van der Waals surface area contributed by atoms with E-state index in [1.807, 2.05) is 0 Å². The van der Waals surface area contributed by atoms with Crippen LogP contribution in [0.5, 0.6) is 0 Å². The molecule has 0 aromatic heterocycles. The minimum absolute atomic E-state index is 0.0965. The lowest BCUT2D eigenvalue weighted by Crippen LogP contribution is -2.27. The fourth-order valence-corrected chi connectivity index (χ4v) is 3.47. The van der Waals surface area contributed by atoms with Gasteiger partial charge in [-0.15, -0.1) is 0 Å². The lowest BCUT2D eigenvalue weighted by Gasteiger charge is -2.14. The molecular formula is C18H21FN2O3S. The van der Waals surface area contributed by atoms with Crippen molar-refractivity contribution in [3.05, 3.63) is 65.0 Å². The highest BCUT2D eigenvalue weighted by Crippen LogP contribution is 2.19. The van der Waals surface area contributed by atoms with Gasteiger partial charge in [0.2, 0.25) is 10.0 Å². The van der Waals surface area contributed by atoms with E-state index >= 15 is 0 Å². The number of carbonyl (C=O) groups is 1. The topological polar surface area (TPSA) is 66.5 Å². The molecule has 0 fully saturated rings. The zero-order valence-corrected chi connectivity index (χ0v) is 15.2. The van der Waals surface area contributed by atoms with Gasteiger partial charge in [0.15, 0.2) is 0 Å². The third-order valence-electron chi connectivity index (χ3n) is 3.85. The Morgan fingerprint density at radius 3 is 2.48 bits per heavy atom. The number of nitrogens with one attached hydrogen (secondary N) is 1. The Bertz CT molecular complexity index is 880. The fourth-order valence-electron chi connectivity index (χ4n) is 2.33. The Kier molecular flexibility index (Phi) is 5.92. The number of halogens is 1. The average molecular weight is 364 g/mol. The first kappa shape index (κ1) is 19.1. The summed E-state index contributed by atoms with van der Waals surface area (Å²) in [5, 5.41) is 2.69. The number of sulfonamides is 1. The van der Waals surface area contributed by atoms with Crippen LogP contribution in [0.2, 0.25) is 0 Å². The number of carbonyl (C=O) groups excluding carboxylic acids is 1. The zero-order chi connectivity index (χ0) is 18.6. The van der Waals surface area contributed by atoms with Gasteiger partial charge in [-0.25, -0.2) is 17.1 Å². The van der Waals surface area contributed by atoms with E-state index < -0.39 is 15.9 Å². The summed E-state index contributed by atoms with van der Waals surface area (Å²) in [7, 11) is -0.748. The van der Waals surface area contributed by atoms with Gasteiger partial charge in [-0.2, -0.15) is 0 Å². The summed E-state index contributed by atoms with van der Waals surface area (Å²) < 4.78 is 39.3. The summed E-state index contributed by atoms with van der Waals surface area (Å²) >= 11 is 0. The van der Waals surface area contributed by atoms with Crippen LogP contribution in [0, 0.1) is 12.7 Å². The highest BCUT2D eigenvalue weighted by atomic mass is 32.2. The second-order valence-corrected chi connectivity index (χ2v) is 7.99. The second-order valence-electron chi connectivity index (χ2n) is 5.87. The maximum Gasteiger partial charge on any atom is 0.251 e. The van der Waals surface area contributed by atoms with Gasteiger partial charge in [0, 0.05) is 26.2 Å². The maximum absolute atomic E-state index is 13.6. The molecule has 0 spiro atoms. The van der Waals surface area contributed by atoms with Gasteiger partial charge >= 0.3 is 0 Å². The summed E-state index contributed by atoms with van der Waals surface area (Å²) in [6, 6.07) is 10.9. The molecule has 1 N–H and O–H groups in total. The number of benzene rings is 2. The predicted octanol–water partition coefficient (Wildman–Crippen LogP) is 2.36. The molecule has 0 aliphatic rings. The lowest BCUT2D eigenvalue weighted by atomic mass is 10.1. The first-order chi connectivity index (χ1) is 11.7. The van der Waals surface area contributed by atoms with Crippen LogP contribution in [0.3, 0.4) is 0 Å². The van der Waals surface area contributed by atoms with Crippen molar-refractivity contribution in [2.75, 3.05) is 20.6 Å². The SMILES string of the molecule is Cc1ccc(C(=O)NCCc2ccccc2F)cc1S(=O)(=O)N(C)C. The highest BCUT2D eigenvalue weighted by molar-refractivity contribution is 7.89. The average Bonchev–Trinajstić information content (AvgIpc) is 2.56. The van der Waals surface area contributed by atoms with Gasteiger partial charge in [0.05, 0.1) is 4.90 Å². The van der Waals surface area contributed by atoms with E-state index in [-0.39, 0.29) is 22.8 Å². The minimum Gasteiger partial charge on any atom is -0.352 e. The molecule has 0 aliphatic carbocycles. The molecule has 7 heteroatoms. The van der Waals surface area contributed by atoms with Crippen LogP contribution >= 0.6 is 0 Å². The summed E-state index contributed by atoms with van der Waals surface area (Å²) in [6.07, 6.45) is 0.354. The molecule has 25 heavy (non-hydrogen) atoms. The first-order valence-corrected chi connectivity index (χ1v) is 9.22. The van der Waals surface area contributed by atoms with Gasteiger partial charge < -0.3 is 5.32 Å². The quantitative estimate of drug-likeness (QED) is 0.856. The van der Waals surface area contributed by atoms with Crippen molar-refractivity contribution < 1.29 is 17.6 Å². The summed E-state index contributed by atoms with van der Waals surface area (Å²) in [5.74, 6) is -0.710. The monoisotopic (exact) mass is 364 g/mol. The largest absolute Gasteiger partial charge is 0.352 e. The maximum atomic E-state index is 13.6. The molecule has 1 amide bonds. The molecule has 5 nitrogen and oxygen atoms in total. The molecule has 0 heterocycles. The molecule has 0 aliphatic heterocycles. The standard InChI is InChI=1S/C18H21FN2O3S/c1-13-8-9-15(12-17(13)25(23,24)21(2)3)18(22)20-11-10-14-6-4-5-7-16(14)19/h4-9,12H,10-11H2,1-3H3,(H,20,22). The van der Waals surface area contributed by atoms with E-state index in [0.717, 1.165) is 4.31 Å². The van der Waals surface area contributed by atoms with E-state index in [9.17, 15) is 17.6 Å². The number of hydrogen-bond acceptors (Lipinski definition) is 3. The smallest absolute Gasteiger partial charge is 0.251 e. The normalized spacial score (nSPS) is 11.6. The van der Waals surface area contributed by atoms with Crippen LogP contribution in [0.15, 0.2) is 47.4 Å². The number of rotatable bonds is 6. The Morgan fingerprint density at radius 2 is 1.84 bits per heavy atom. The zero-order valence-electron chi connectivity index (χ0n) is 14.4. The van der Waals surface area contributed by atoms with E-state index in [4.69, 9.17) is 0 Å². The van der Waals surface area contributed by atoms with Crippen molar-refractivity contribution in [3.63, 3.8) is 0 Å².